The van der Waals surface area contributed by atoms with Crippen molar-refractivity contribution in [3.05, 3.63) is 144 Å². The lowest BCUT2D eigenvalue weighted by atomic mass is 9.68. The zero-order chi connectivity index (χ0) is 35.0. The van der Waals surface area contributed by atoms with E-state index >= 15 is 0 Å². The summed E-state index contributed by atoms with van der Waals surface area (Å²) in [5.41, 5.74) is 3.04. The number of carbonyl (C=O) groups is 2. The van der Waals surface area contributed by atoms with E-state index in [1.807, 2.05) is 72.8 Å². The Hall–Kier alpha value is -2.42. The summed E-state index contributed by atoms with van der Waals surface area (Å²) >= 11 is 8.91. The molecule has 2 atom stereocenters. The van der Waals surface area contributed by atoms with E-state index in [0.717, 1.165) is 35.1 Å². The van der Waals surface area contributed by atoms with E-state index in [4.69, 9.17) is 0 Å². The number of benzene rings is 4. The zero-order valence-corrected chi connectivity index (χ0v) is 33.4. The van der Waals surface area contributed by atoms with Crippen molar-refractivity contribution < 1.29 is 9.59 Å². The lowest BCUT2D eigenvalue weighted by Gasteiger charge is -2.37. The van der Waals surface area contributed by atoms with Crippen molar-refractivity contribution in [2.75, 3.05) is 33.5 Å². The average molecular weight is 830 g/mol. The minimum absolute atomic E-state index is 0.193. The van der Waals surface area contributed by atoms with Gasteiger partial charge in [0.1, 0.15) is 5.78 Å². The van der Waals surface area contributed by atoms with Gasteiger partial charge in [-0.1, -0.05) is 137 Å². The Morgan fingerprint density at radius 3 is 1.04 bits per heavy atom. The molecule has 4 aromatic rings. The van der Waals surface area contributed by atoms with Gasteiger partial charge in [0, 0.05) is 40.3 Å². The van der Waals surface area contributed by atoms with E-state index in [-0.39, 0.29) is 17.6 Å². The van der Waals surface area contributed by atoms with Crippen molar-refractivity contribution in [2.24, 2.45) is 0 Å². The van der Waals surface area contributed by atoms with E-state index in [2.05, 4.69) is 145 Å². The smallest absolute Gasteiger partial charge is 0.158 e. The molecule has 0 saturated carbocycles. The van der Waals surface area contributed by atoms with Gasteiger partial charge in [0.2, 0.25) is 0 Å². The fourth-order valence-electron chi connectivity index (χ4n) is 6.05. The van der Waals surface area contributed by atoms with Gasteiger partial charge in [-0.2, -0.15) is 0 Å². The van der Waals surface area contributed by atoms with Gasteiger partial charge in [-0.25, -0.2) is 0 Å². The second kappa shape index (κ2) is 20.2. The molecule has 0 aliphatic rings. The first kappa shape index (κ1) is 40.8. The number of carbonyl (C=O) groups excluding carboxylic acids is 2. The van der Waals surface area contributed by atoms with Crippen LogP contribution in [0.2, 0.25) is 0 Å². The third kappa shape index (κ3) is 10.3. The summed E-state index contributed by atoms with van der Waals surface area (Å²) in [6.07, 6.45) is 1.52. The highest BCUT2D eigenvalue weighted by Crippen LogP contribution is 2.40. The Kier molecular flexibility index (Phi) is 17.5. The number of alkyl halides is 1. The van der Waals surface area contributed by atoms with Crippen molar-refractivity contribution in [2.45, 2.75) is 56.5 Å². The number of hydrogen-bond donors (Lipinski definition) is 0. The molecule has 4 aromatic carbocycles. The molecule has 0 fully saturated rings. The minimum Gasteiger partial charge on any atom is -0.307 e. The molecule has 0 aliphatic carbocycles. The molecule has 0 heterocycles. The van der Waals surface area contributed by atoms with Gasteiger partial charge in [0.15, 0.2) is 5.78 Å². The van der Waals surface area contributed by atoms with Crippen LogP contribution < -0.4 is 0 Å². The van der Waals surface area contributed by atoms with E-state index in [1.54, 1.807) is 6.92 Å². The standard InChI is InChI=1S/C20H24BrNO.C20H25NO.Br2/c1-16(22(2)3)14-20(19(23)15-21,17-10-6-4-7-11-17)18-12-8-5-9-13-18;1-16(21(3)4)15-20(17(2)22,18-11-7-5-8-12-18)19-13-9-6-10-14-19;1-2/h4-13,16H,14-15H2,1-3H3;5-14,16H,15H2,1-4H3;. The molecule has 0 aliphatic heterocycles. The second-order valence-corrected chi connectivity index (χ2v) is 13.0. The normalized spacial score (nSPS) is 12.7. The zero-order valence-electron chi connectivity index (χ0n) is 28.7. The van der Waals surface area contributed by atoms with Crippen molar-refractivity contribution in [1.82, 2.24) is 9.80 Å². The van der Waals surface area contributed by atoms with Crippen LogP contribution in [0.3, 0.4) is 0 Å². The largest absolute Gasteiger partial charge is 0.307 e. The predicted octanol–water partition coefficient (Wildman–Crippen LogP) is 9.87. The van der Waals surface area contributed by atoms with Crippen molar-refractivity contribution in [3.8, 4) is 0 Å². The first-order chi connectivity index (χ1) is 22.5. The molecule has 7 heteroatoms. The number of nitrogens with zero attached hydrogens (tertiary/aromatic N) is 2. The maximum absolute atomic E-state index is 13.1. The Bertz CT molecular complexity index is 1390. The van der Waals surface area contributed by atoms with Crippen LogP contribution in [0.5, 0.6) is 0 Å². The van der Waals surface area contributed by atoms with Crippen LogP contribution in [0.15, 0.2) is 121 Å². The maximum Gasteiger partial charge on any atom is 0.158 e. The van der Waals surface area contributed by atoms with Crippen LogP contribution >= 0.6 is 44.2 Å². The van der Waals surface area contributed by atoms with E-state index in [9.17, 15) is 9.59 Å². The quantitative estimate of drug-likeness (QED) is 0.126. The monoisotopic (exact) mass is 826 g/mol. The van der Waals surface area contributed by atoms with E-state index in [0.29, 0.717) is 11.4 Å². The highest BCUT2D eigenvalue weighted by Gasteiger charge is 2.42. The molecule has 0 spiro atoms. The van der Waals surface area contributed by atoms with Crippen molar-refractivity contribution >= 4 is 55.8 Å². The van der Waals surface area contributed by atoms with Crippen LogP contribution in [0.25, 0.3) is 0 Å². The van der Waals surface area contributed by atoms with Crippen LogP contribution in [0.1, 0.15) is 55.9 Å². The summed E-state index contributed by atoms with van der Waals surface area (Å²) in [6, 6.07) is 41.2. The summed E-state index contributed by atoms with van der Waals surface area (Å²) in [6.45, 7) is 6.05. The van der Waals surface area contributed by atoms with E-state index in [1.165, 1.54) is 0 Å². The van der Waals surface area contributed by atoms with Crippen molar-refractivity contribution in [3.63, 3.8) is 0 Å². The van der Waals surface area contributed by atoms with Crippen molar-refractivity contribution in [1.29, 1.82) is 0 Å². The highest BCUT2D eigenvalue weighted by molar-refractivity contribution is 9.93. The number of rotatable bonds is 13. The Balaban J connectivity index is 0.000000311. The average Bonchev–Trinajstić information content (AvgIpc) is 3.11. The number of ketones is 2. The van der Waals surface area contributed by atoms with Gasteiger partial charge in [-0.05, 0) is 84.1 Å². The van der Waals surface area contributed by atoms with Gasteiger partial charge >= 0.3 is 0 Å². The third-order valence-corrected chi connectivity index (χ3v) is 9.74. The molecule has 0 amide bonds. The van der Waals surface area contributed by atoms with Crippen LogP contribution in [0, 0.1) is 0 Å². The Labute approximate surface area is 306 Å². The molecule has 0 aromatic heterocycles. The van der Waals surface area contributed by atoms with Gasteiger partial charge in [-0.3, -0.25) is 9.59 Å². The van der Waals surface area contributed by atoms with Gasteiger partial charge < -0.3 is 9.80 Å². The third-order valence-electron chi connectivity index (χ3n) is 9.23. The lowest BCUT2D eigenvalue weighted by Crippen LogP contribution is -2.43. The molecule has 0 radical (unpaired) electrons. The summed E-state index contributed by atoms with van der Waals surface area (Å²) in [5.74, 6) is 0.391. The Morgan fingerprint density at radius 2 is 0.809 bits per heavy atom. The maximum atomic E-state index is 13.1. The van der Waals surface area contributed by atoms with Crippen LogP contribution in [-0.4, -0.2) is 67.0 Å². The number of halogens is 3. The highest BCUT2D eigenvalue weighted by atomic mass is 80.9. The fourth-order valence-corrected chi connectivity index (χ4v) is 6.53. The summed E-state index contributed by atoms with van der Waals surface area (Å²) in [4.78, 5) is 30.3. The number of hydrogen-bond acceptors (Lipinski definition) is 4. The first-order valence-electron chi connectivity index (χ1n) is 15.8. The van der Waals surface area contributed by atoms with Crippen LogP contribution in [-0.2, 0) is 20.4 Å². The fraction of sp³-hybridized carbons (Fsp3) is 0.350. The van der Waals surface area contributed by atoms with Crippen LogP contribution in [0.4, 0.5) is 0 Å². The topological polar surface area (TPSA) is 40.6 Å². The summed E-state index contributed by atoms with van der Waals surface area (Å²) in [7, 11) is 8.24. The SMILES string of the molecule is BrBr.CC(=O)C(CC(C)N(C)C)(c1ccccc1)c1ccccc1.CC(CC(C(=O)CBr)(c1ccccc1)c1ccccc1)N(C)C. The second-order valence-electron chi connectivity index (χ2n) is 12.4. The van der Waals surface area contributed by atoms with Gasteiger partial charge in [0.05, 0.1) is 16.2 Å². The lowest BCUT2D eigenvalue weighted by molar-refractivity contribution is -0.122. The minimum atomic E-state index is -0.629. The molecular weight excluding hydrogens is 780 g/mol. The molecule has 47 heavy (non-hydrogen) atoms. The molecule has 0 saturated heterocycles. The molecule has 252 valence electrons. The predicted molar refractivity (Wildman–Crippen MR) is 210 cm³/mol. The summed E-state index contributed by atoms with van der Waals surface area (Å²) in [5, 5.41) is 0.344. The summed E-state index contributed by atoms with van der Waals surface area (Å²) < 4.78 is 0. The number of Topliss-reactive ketones (excluding diaryl/α,β-unsaturated/α-hetero) is 2. The molecular formula is C40H49Br3N2O2. The molecule has 4 nitrogen and oxygen atoms in total. The molecule has 4 rings (SSSR count). The van der Waals surface area contributed by atoms with E-state index < -0.39 is 10.8 Å². The molecule has 2 unspecified atom stereocenters. The Morgan fingerprint density at radius 1 is 0.553 bits per heavy atom. The van der Waals surface area contributed by atoms with Gasteiger partial charge in [-0.15, -0.1) is 0 Å². The van der Waals surface area contributed by atoms with Gasteiger partial charge in [0.25, 0.3) is 0 Å². The first-order valence-corrected chi connectivity index (χ1v) is 20.6. The molecule has 0 N–H and O–H groups in total. The molecule has 0 bridgehead atoms.